The van der Waals surface area contributed by atoms with Gasteiger partial charge >= 0.3 is 6.09 Å². The van der Waals surface area contributed by atoms with Gasteiger partial charge in [0.1, 0.15) is 23.4 Å². The zero-order chi connectivity index (χ0) is 27.3. The summed E-state index contributed by atoms with van der Waals surface area (Å²) in [5.41, 5.74) is 4.16. The highest BCUT2D eigenvalue weighted by molar-refractivity contribution is 6.36. The maximum atomic E-state index is 11.9. The Bertz CT molecular complexity index is 1540. The van der Waals surface area contributed by atoms with Gasteiger partial charge in [0.2, 0.25) is 0 Å². The maximum absolute atomic E-state index is 11.9. The summed E-state index contributed by atoms with van der Waals surface area (Å²) in [6.07, 6.45) is 2.84. The number of carbonyl (C=O) groups is 1. The zero-order valence-corrected chi connectivity index (χ0v) is 23.4. The molecule has 202 valence electrons. The van der Waals surface area contributed by atoms with E-state index in [2.05, 4.69) is 20.1 Å². The van der Waals surface area contributed by atoms with Crippen molar-refractivity contribution in [2.24, 2.45) is 5.41 Å². The van der Waals surface area contributed by atoms with Crippen molar-refractivity contribution in [1.29, 1.82) is 0 Å². The number of pyridine rings is 2. The molecule has 1 N–H and O–H groups in total. The van der Waals surface area contributed by atoms with Crippen LogP contribution in [0.2, 0.25) is 10.0 Å². The fourth-order valence-electron chi connectivity index (χ4n) is 5.45. The topological polar surface area (TPSA) is 96.5 Å². The van der Waals surface area contributed by atoms with Crippen LogP contribution in [0, 0.1) is 12.3 Å². The van der Waals surface area contributed by atoms with E-state index in [0.717, 1.165) is 54.2 Å². The Morgan fingerprint density at radius 1 is 1.13 bits per heavy atom. The van der Waals surface area contributed by atoms with Gasteiger partial charge in [-0.15, -0.1) is 0 Å². The SMILES string of the molecule is CCOC(=O)N1CC2(C1)CN(c1ccc(-c3n[nH]c4ccc(OC(C)c5c(Cl)cnc(C)c5Cl)cc34)cn1)C2. The molecular weight excluding hydrogens is 539 g/mol. The lowest BCUT2D eigenvalue weighted by Crippen LogP contribution is -2.73. The van der Waals surface area contributed by atoms with Crippen LogP contribution in [0.3, 0.4) is 0 Å². The van der Waals surface area contributed by atoms with Gasteiger partial charge in [0.25, 0.3) is 0 Å². The number of hydrogen-bond acceptors (Lipinski definition) is 7. The number of hydrogen-bond donors (Lipinski definition) is 1. The molecule has 5 heterocycles. The first-order valence-corrected chi connectivity index (χ1v) is 13.6. The molecule has 39 heavy (non-hydrogen) atoms. The van der Waals surface area contributed by atoms with Gasteiger partial charge in [0.05, 0.1) is 27.9 Å². The monoisotopic (exact) mass is 566 g/mol. The molecule has 4 aromatic rings. The third-order valence-corrected chi connectivity index (χ3v) is 8.19. The largest absolute Gasteiger partial charge is 0.486 e. The first-order chi connectivity index (χ1) is 18.8. The molecule has 9 nitrogen and oxygen atoms in total. The molecule has 0 bridgehead atoms. The Labute approximate surface area is 236 Å². The van der Waals surface area contributed by atoms with E-state index in [1.807, 2.05) is 57.3 Å². The van der Waals surface area contributed by atoms with Gasteiger partial charge in [-0.3, -0.25) is 10.1 Å². The van der Waals surface area contributed by atoms with E-state index in [1.54, 1.807) is 11.1 Å². The number of nitrogens with one attached hydrogen (secondary N) is 1. The van der Waals surface area contributed by atoms with Gasteiger partial charge in [0, 0.05) is 60.5 Å². The van der Waals surface area contributed by atoms with Gasteiger partial charge in [-0.25, -0.2) is 9.78 Å². The van der Waals surface area contributed by atoms with Crippen LogP contribution in [0.1, 0.15) is 31.2 Å². The predicted molar refractivity (Wildman–Crippen MR) is 151 cm³/mol. The quantitative estimate of drug-likeness (QED) is 0.303. The second kappa shape index (κ2) is 9.88. The summed E-state index contributed by atoms with van der Waals surface area (Å²) in [6.45, 7) is 9.21. The molecule has 2 aliphatic rings. The average molecular weight is 567 g/mol. The van der Waals surface area contributed by atoms with Crippen molar-refractivity contribution in [3.63, 3.8) is 0 Å². The lowest BCUT2D eigenvalue weighted by molar-refractivity contribution is -0.0196. The molecule has 1 aromatic carbocycles. The number of aromatic amines is 1. The van der Waals surface area contributed by atoms with Crippen molar-refractivity contribution in [2.75, 3.05) is 37.7 Å². The van der Waals surface area contributed by atoms with E-state index in [-0.39, 0.29) is 17.6 Å². The number of benzene rings is 1. The highest BCUT2D eigenvalue weighted by Crippen LogP contribution is 2.42. The van der Waals surface area contributed by atoms with Crippen LogP contribution >= 0.6 is 23.2 Å². The summed E-state index contributed by atoms with van der Waals surface area (Å²) >= 11 is 12.9. The lowest BCUT2D eigenvalue weighted by atomic mass is 9.73. The molecular formula is C28H28Cl2N6O3. The number of H-pyrrole nitrogens is 1. The van der Waals surface area contributed by atoms with Crippen LogP contribution in [0.5, 0.6) is 5.75 Å². The third-order valence-electron chi connectivity index (χ3n) is 7.41. The highest BCUT2D eigenvalue weighted by Gasteiger charge is 2.54. The minimum Gasteiger partial charge on any atom is -0.486 e. The van der Waals surface area contributed by atoms with Gasteiger partial charge in [-0.2, -0.15) is 5.10 Å². The van der Waals surface area contributed by atoms with Crippen LogP contribution in [0.15, 0.2) is 42.7 Å². The minimum absolute atomic E-state index is 0.155. The molecule has 2 saturated heterocycles. The second-order valence-corrected chi connectivity index (χ2v) is 11.1. The molecule has 11 heteroatoms. The predicted octanol–water partition coefficient (Wildman–Crippen LogP) is 6.05. The number of ether oxygens (including phenoxy) is 2. The van der Waals surface area contributed by atoms with E-state index in [0.29, 0.717) is 33.7 Å². The number of fused-ring (bicyclic) bond motifs is 1. The normalized spacial score (nSPS) is 16.6. The number of rotatable bonds is 6. The Hall–Kier alpha value is -3.56. The fourth-order valence-corrected chi connectivity index (χ4v) is 6.10. The number of anilines is 1. The van der Waals surface area contributed by atoms with Crippen LogP contribution in [-0.4, -0.2) is 63.9 Å². The second-order valence-electron chi connectivity index (χ2n) is 10.3. The number of likely N-dealkylation sites (tertiary alicyclic amines) is 1. The van der Waals surface area contributed by atoms with Gasteiger partial charge in [-0.1, -0.05) is 23.2 Å². The highest BCUT2D eigenvalue weighted by atomic mass is 35.5. The molecule has 2 aliphatic heterocycles. The summed E-state index contributed by atoms with van der Waals surface area (Å²) in [5, 5.41) is 9.54. The van der Waals surface area contributed by atoms with E-state index < -0.39 is 0 Å². The van der Waals surface area contributed by atoms with Crippen LogP contribution in [0.25, 0.3) is 22.2 Å². The minimum atomic E-state index is -0.375. The van der Waals surface area contributed by atoms with E-state index >= 15 is 0 Å². The van der Waals surface area contributed by atoms with Crippen LogP contribution < -0.4 is 9.64 Å². The van der Waals surface area contributed by atoms with Crippen molar-refractivity contribution >= 4 is 46.0 Å². The van der Waals surface area contributed by atoms with Gasteiger partial charge in [0.15, 0.2) is 0 Å². The molecule has 1 atom stereocenters. The Morgan fingerprint density at radius 2 is 1.92 bits per heavy atom. The molecule has 0 radical (unpaired) electrons. The molecule has 3 aromatic heterocycles. The molecule has 1 amide bonds. The summed E-state index contributed by atoms with van der Waals surface area (Å²) in [5.74, 6) is 1.59. The third kappa shape index (κ3) is 4.63. The van der Waals surface area contributed by atoms with Gasteiger partial charge < -0.3 is 19.3 Å². The van der Waals surface area contributed by atoms with Crippen LogP contribution in [0.4, 0.5) is 10.6 Å². The summed E-state index contributed by atoms with van der Waals surface area (Å²) in [6, 6.07) is 9.84. The number of halogens is 2. The Morgan fingerprint density at radius 3 is 2.64 bits per heavy atom. The summed E-state index contributed by atoms with van der Waals surface area (Å²) in [4.78, 5) is 24.8. The fraction of sp³-hybridized carbons (Fsp3) is 0.357. The smallest absolute Gasteiger partial charge is 0.409 e. The number of carbonyl (C=O) groups excluding carboxylic acids is 1. The first-order valence-electron chi connectivity index (χ1n) is 12.9. The Kier molecular flexibility index (Phi) is 6.51. The standard InChI is InChI=1S/C28H28Cl2N6O3/c1-4-38-27(37)36-14-28(15-36)12-35(13-28)23-8-5-18(10-32-23)26-20-9-19(6-7-22(20)33-34-26)39-17(3)24-21(29)11-31-16(2)25(24)30/h5-11,17H,4,12-15H2,1-3H3,(H,33,34). The number of aromatic nitrogens is 4. The summed E-state index contributed by atoms with van der Waals surface area (Å²) in [7, 11) is 0. The molecule has 0 aliphatic carbocycles. The number of aryl methyl sites for hydroxylation is 1. The molecule has 1 unspecified atom stereocenters. The molecule has 6 rings (SSSR count). The van der Waals surface area contributed by atoms with Crippen molar-refractivity contribution in [3.8, 4) is 17.0 Å². The van der Waals surface area contributed by atoms with Gasteiger partial charge in [-0.05, 0) is 51.1 Å². The molecule has 0 saturated carbocycles. The lowest BCUT2D eigenvalue weighted by Gasteiger charge is -2.59. The molecule has 2 fully saturated rings. The maximum Gasteiger partial charge on any atom is 0.409 e. The molecule has 1 spiro atoms. The first kappa shape index (κ1) is 25.7. The van der Waals surface area contributed by atoms with E-state index in [9.17, 15) is 4.79 Å². The Balaban J connectivity index is 1.15. The zero-order valence-electron chi connectivity index (χ0n) is 21.9. The average Bonchev–Trinajstić information content (AvgIpc) is 3.29. The van der Waals surface area contributed by atoms with E-state index in [1.165, 1.54) is 0 Å². The summed E-state index contributed by atoms with van der Waals surface area (Å²) < 4.78 is 11.3. The van der Waals surface area contributed by atoms with Crippen LogP contribution in [-0.2, 0) is 4.74 Å². The van der Waals surface area contributed by atoms with Crippen molar-refractivity contribution < 1.29 is 14.3 Å². The number of nitrogens with zero attached hydrogens (tertiary/aromatic N) is 5. The van der Waals surface area contributed by atoms with E-state index in [4.69, 9.17) is 37.7 Å². The van der Waals surface area contributed by atoms with Crippen molar-refractivity contribution in [3.05, 3.63) is 64.0 Å². The van der Waals surface area contributed by atoms with Crippen molar-refractivity contribution in [1.82, 2.24) is 25.1 Å². The van der Waals surface area contributed by atoms with Crippen molar-refractivity contribution in [2.45, 2.75) is 26.9 Å². The number of amides is 1.